The Bertz CT molecular complexity index is 1300. The van der Waals surface area contributed by atoms with Gasteiger partial charge in [0.1, 0.15) is 5.52 Å². The van der Waals surface area contributed by atoms with Crippen molar-refractivity contribution in [3.05, 3.63) is 83.8 Å². The van der Waals surface area contributed by atoms with Crippen LogP contribution in [0.25, 0.3) is 22.8 Å². The highest BCUT2D eigenvalue weighted by Gasteiger charge is 2.23. The van der Waals surface area contributed by atoms with Crippen LogP contribution >= 0.6 is 0 Å². The van der Waals surface area contributed by atoms with Gasteiger partial charge in [-0.2, -0.15) is 5.10 Å². The first-order valence-corrected chi connectivity index (χ1v) is 10.6. The van der Waals surface area contributed by atoms with E-state index in [4.69, 9.17) is 9.84 Å². The Hall–Kier alpha value is -4.00. The van der Waals surface area contributed by atoms with Crippen molar-refractivity contribution in [3.8, 4) is 11.6 Å². The van der Waals surface area contributed by atoms with Gasteiger partial charge >= 0.3 is 0 Å². The molecule has 32 heavy (non-hydrogen) atoms. The maximum absolute atomic E-state index is 12.4. The average Bonchev–Trinajstić information content (AvgIpc) is 3.26. The Labute approximate surface area is 185 Å². The third-order valence-electron chi connectivity index (χ3n) is 5.64. The number of ether oxygens (including phenoxy) is 1. The maximum atomic E-state index is 12.4. The van der Waals surface area contributed by atoms with Gasteiger partial charge < -0.3 is 10.1 Å². The second-order valence-corrected chi connectivity index (χ2v) is 7.79. The van der Waals surface area contributed by atoms with Crippen LogP contribution < -0.4 is 10.1 Å². The smallest absolute Gasteiger partial charge is 0.244 e. The fourth-order valence-corrected chi connectivity index (χ4v) is 4.03. The largest absolute Gasteiger partial charge is 0.481 e. The molecule has 0 saturated heterocycles. The molecule has 7 nitrogen and oxygen atoms in total. The molecule has 0 fully saturated rings. The second-order valence-electron chi connectivity index (χ2n) is 7.79. The van der Waals surface area contributed by atoms with Crippen LogP contribution in [0.15, 0.2) is 67.0 Å². The van der Waals surface area contributed by atoms with E-state index < -0.39 is 0 Å². The number of pyridine rings is 2. The molecule has 1 aliphatic rings. The molecule has 1 unspecified atom stereocenters. The molecular weight excluding hydrogens is 402 g/mol. The Balaban J connectivity index is 1.33. The molecule has 1 aromatic carbocycles. The molecule has 4 aromatic rings. The van der Waals surface area contributed by atoms with Gasteiger partial charge in [-0.3, -0.25) is 9.78 Å². The zero-order valence-electron chi connectivity index (χ0n) is 17.7. The van der Waals surface area contributed by atoms with Crippen molar-refractivity contribution in [1.82, 2.24) is 25.1 Å². The monoisotopic (exact) mass is 425 g/mol. The summed E-state index contributed by atoms with van der Waals surface area (Å²) in [5.74, 6) is 0.459. The van der Waals surface area contributed by atoms with E-state index in [-0.39, 0.29) is 11.9 Å². The predicted octanol–water partition coefficient (Wildman–Crippen LogP) is 3.51. The topological polar surface area (TPSA) is 81.9 Å². The molecule has 7 heteroatoms. The van der Waals surface area contributed by atoms with Gasteiger partial charge in [-0.05, 0) is 48.6 Å². The first kappa shape index (κ1) is 19.9. The molecule has 3 aromatic heterocycles. The number of carbonyl (C=O) groups is 1. The van der Waals surface area contributed by atoms with Crippen LogP contribution in [0.1, 0.15) is 23.2 Å². The van der Waals surface area contributed by atoms with E-state index in [0.717, 1.165) is 52.8 Å². The number of fused-ring (bicyclic) bond motifs is 2. The van der Waals surface area contributed by atoms with Gasteiger partial charge in [-0.15, -0.1) is 0 Å². The van der Waals surface area contributed by atoms with Crippen molar-refractivity contribution in [3.63, 3.8) is 0 Å². The van der Waals surface area contributed by atoms with Crippen LogP contribution in [-0.4, -0.2) is 38.8 Å². The fraction of sp³-hybridized carbons (Fsp3) is 0.200. The first-order chi connectivity index (χ1) is 15.7. The molecule has 1 aliphatic carbocycles. The van der Waals surface area contributed by atoms with Gasteiger partial charge in [0.05, 0.1) is 24.0 Å². The van der Waals surface area contributed by atoms with E-state index in [2.05, 4.69) is 15.3 Å². The number of benzene rings is 1. The first-order valence-electron chi connectivity index (χ1n) is 10.6. The number of methoxy groups -OCH3 is 1. The summed E-state index contributed by atoms with van der Waals surface area (Å²) in [7, 11) is 1.60. The van der Waals surface area contributed by atoms with Gasteiger partial charge in [-0.1, -0.05) is 30.3 Å². The average molecular weight is 425 g/mol. The highest BCUT2D eigenvalue weighted by atomic mass is 16.5. The zero-order chi connectivity index (χ0) is 21.9. The van der Waals surface area contributed by atoms with Crippen molar-refractivity contribution >= 4 is 23.0 Å². The number of carbonyl (C=O) groups excluding carboxylic acids is 1. The van der Waals surface area contributed by atoms with Gasteiger partial charge in [0.15, 0.2) is 0 Å². The Morgan fingerprint density at radius 2 is 2.06 bits per heavy atom. The SMILES string of the molecule is COc1ccc2nccc(-n3cc4c(n3)CCC(NC(=O)C=Cc3ccccc3)C4)c2n1. The summed E-state index contributed by atoms with van der Waals surface area (Å²) in [4.78, 5) is 21.3. The molecule has 3 heterocycles. The minimum absolute atomic E-state index is 0.0777. The number of aromatic nitrogens is 4. The molecule has 1 N–H and O–H groups in total. The molecular formula is C25H23N5O2. The van der Waals surface area contributed by atoms with Crippen molar-refractivity contribution in [2.45, 2.75) is 25.3 Å². The van der Waals surface area contributed by atoms with E-state index in [9.17, 15) is 4.79 Å². The van der Waals surface area contributed by atoms with Gasteiger partial charge in [0.25, 0.3) is 0 Å². The van der Waals surface area contributed by atoms with Crippen molar-refractivity contribution in [2.75, 3.05) is 7.11 Å². The van der Waals surface area contributed by atoms with Crippen molar-refractivity contribution in [2.24, 2.45) is 0 Å². The summed E-state index contributed by atoms with van der Waals surface area (Å²) < 4.78 is 7.14. The number of aryl methyl sites for hydroxylation is 1. The van der Waals surface area contributed by atoms with E-state index in [0.29, 0.717) is 5.88 Å². The fourth-order valence-electron chi connectivity index (χ4n) is 4.03. The standard InChI is InChI=1S/C25H23N5O2/c1-32-24-12-10-21-25(28-24)22(13-14-26-21)30-16-18-15-19(8-9-20(18)29-30)27-23(31)11-7-17-5-3-2-4-6-17/h2-7,10-14,16,19H,8-9,15H2,1H3,(H,27,31). The number of nitrogens with one attached hydrogen (secondary N) is 1. The molecule has 0 aliphatic heterocycles. The Kier molecular flexibility index (Phi) is 5.37. The highest BCUT2D eigenvalue weighted by Crippen LogP contribution is 2.25. The van der Waals surface area contributed by atoms with Crippen molar-refractivity contribution in [1.29, 1.82) is 0 Å². The third kappa shape index (κ3) is 4.09. The van der Waals surface area contributed by atoms with Crippen LogP contribution in [0.3, 0.4) is 0 Å². The number of hydrogen-bond acceptors (Lipinski definition) is 5. The van der Waals surface area contributed by atoms with E-state index in [1.807, 2.05) is 59.4 Å². The summed E-state index contributed by atoms with van der Waals surface area (Å²) in [6.45, 7) is 0. The summed E-state index contributed by atoms with van der Waals surface area (Å²) in [5, 5.41) is 7.92. The Morgan fingerprint density at radius 3 is 2.91 bits per heavy atom. The zero-order valence-corrected chi connectivity index (χ0v) is 17.7. The van der Waals surface area contributed by atoms with Gasteiger partial charge in [0.2, 0.25) is 11.8 Å². The minimum Gasteiger partial charge on any atom is -0.481 e. The van der Waals surface area contributed by atoms with E-state index in [1.54, 1.807) is 25.4 Å². The summed E-state index contributed by atoms with van der Waals surface area (Å²) in [6.07, 6.45) is 9.64. The number of nitrogens with zero attached hydrogens (tertiary/aromatic N) is 4. The molecule has 1 amide bonds. The molecule has 0 saturated carbocycles. The van der Waals surface area contributed by atoms with Crippen molar-refractivity contribution < 1.29 is 9.53 Å². The lowest BCUT2D eigenvalue weighted by Crippen LogP contribution is -2.37. The number of hydrogen-bond donors (Lipinski definition) is 1. The minimum atomic E-state index is -0.0777. The summed E-state index contributed by atoms with van der Waals surface area (Å²) >= 11 is 0. The van der Waals surface area contributed by atoms with E-state index >= 15 is 0 Å². The van der Waals surface area contributed by atoms with Gasteiger partial charge in [0, 0.05) is 30.6 Å². The van der Waals surface area contributed by atoms with Crippen LogP contribution in [0.4, 0.5) is 0 Å². The predicted molar refractivity (Wildman–Crippen MR) is 123 cm³/mol. The second kappa shape index (κ2) is 8.63. The van der Waals surface area contributed by atoms with E-state index in [1.165, 1.54) is 0 Å². The van der Waals surface area contributed by atoms with Crippen LogP contribution in [0.5, 0.6) is 5.88 Å². The lowest BCUT2D eigenvalue weighted by atomic mass is 9.93. The van der Waals surface area contributed by atoms with Crippen LogP contribution in [0, 0.1) is 0 Å². The molecule has 0 radical (unpaired) electrons. The number of amides is 1. The highest BCUT2D eigenvalue weighted by molar-refractivity contribution is 5.92. The molecule has 1 atom stereocenters. The number of rotatable bonds is 5. The lowest BCUT2D eigenvalue weighted by molar-refractivity contribution is -0.117. The maximum Gasteiger partial charge on any atom is 0.244 e. The molecule has 160 valence electrons. The summed E-state index contributed by atoms with van der Waals surface area (Å²) in [6, 6.07) is 15.5. The normalized spacial score (nSPS) is 15.6. The quantitative estimate of drug-likeness (QED) is 0.495. The van der Waals surface area contributed by atoms with Crippen LogP contribution in [-0.2, 0) is 17.6 Å². The molecule has 0 spiro atoms. The Morgan fingerprint density at radius 1 is 1.19 bits per heavy atom. The van der Waals surface area contributed by atoms with Crippen LogP contribution in [0.2, 0.25) is 0 Å². The molecule has 0 bridgehead atoms. The summed E-state index contributed by atoms with van der Waals surface area (Å²) in [5.41, 5.74) is 5.58. The lowest BCUT2D eigenvalue weighted by Gasteiger charge is -2.21. The third-order valence-corrected chi connectivity index (χ3v) is 5.64. The van der Waals surface area contributed by atoms with Gasteiger partial charge in [-0.25, -0.2) is 9.67 Å². The molecule has 5 rings (SSSR count).